The third-order valence-electron chi connectivity index (χ3n) is 2.36. The lowest BCUT2D eigenvalue weighted by Crippen LogP contribution is -2.25. The number of hydrogen-bond donors (Lipinski definition) is 2. The topological polar surface area (TPSA) is 83.8 Å². The smallest absolute Gasteiger partial charge is 0.318 e. The van der Waals surface area contributed by atoms with Crippen LogP contribution < -0.4 is 0 Å². The number of benzene rings is 1. The quantitative estimate of drug-likeness (QED) is 0.651. The first-order valence-corrected chi connectivity index (χ1v) is 7.44. The van der Waals surface area contributed by atoms with E-state index in [1.807, 2.05) is 30.3 Å². The normalized spacial score (nSPS) is 13.8. The fourth-order valence-corrected chi connectivity index (χ4v) is 2.43. The van der Waals surface area contributed by atoms with Gasteiger partial charge in [-0.15, -0.1) is 0 Å². The molecule has 0 saturated heterocycles. The first-order valence-electron chi connectivity index (χ1n) is 5.95. The Labute approximate surface area is 114 Å². The monoisotopic (exact) mass is 286 g/mol. The second-order valence-electron chi connectivity index (χ2n) is 4.04. The van der Waals surface area contributed by atoms with Crippen molar-refractivity contribution in [3.63, 3.8) is 0 Å². The van der Waals surface area contributed by atoms with E-state index in [0.717, 1.165) is 5.56 Å². The van der Waals surface area contributed by atoms with E-state index < -0.39 is 29.5 Å². The van der Waals surface area contributed by atoms with Gasteiger partial charge in [0.15, 0.2) is 0 Å². The highest BCUT2D eigenvalue weighted by atomic mass is 32.2. The number of ether oxygens (including phenoxy) is 1. The molecule has 6 heteroatoms. The van der Waals surface area contributed by atoms with Crippen molar-refractivity contribution in [2.75, 3.05) is 24.7 Å². The minimum absolute atomic E-state index is 0.121. The van der Waals surface area contributed by atoms with Gasteiger partial charge in [0.05, 0.1) is 25.1 Å². The van der Waals surface area contributed by atoms with E-state index in [0.29, 0.717) is 6.42 Å². The van der Waals surface area contributed by atoms with Crippen molar-refractivity contribution in [2.24, 2.45) is 0 Å². The molecule has 0 bridgehead atoms. The molecule has 2 atom stereocenters. The summed E-state index contributed by atoms with van der Waals surface area (Å²) < 4.78 is 16.4. The first kappa shape index (κ1) is 15.8. The van der Waals surface area contributed by atoms with Crippen molar-refractivity contribution >= 4 is 16.8 Å². The molecule has 1 aromatic carbocycles. The molecule has 5 nitrogen and oxygen atoms in total. The van der Waals surface area contributed by atoms with Gasteiger partial charge in [-0.2, -0.15) is 0 Å². The van der Waals surface area contributed by atoms with Crippen LogP contribution in [0.2, 0.25) is 0 Å². The minimum atomic E-state index is -1.51. The fraction of sp³-hybridized carbons (Fsp3) is 0.462. The summed E-state index contributed by atoms with van der Waals surface area (Å²) in [4.78, 5) is 11.4. The molecule has 1 aromatic rings. The Morgan fingerprint density at radius 2 is 2.00 bits per heavy atom. The van der Waals surface area contributed by atoms with Crippen molar-refractivity contribution in [1.29, 1.82) is 0 Å². The van der Waals surface area contributed by atoms with Gasteiger partial charge >= 0.3 is 5.97 Å². The van der Waals surface area contributed by atoms with Crippen LogP contribution >= 0.6 is 0 Å². The van der Waals surface area contributed by atoms with Gasteiger partial charge in [-0.1, -0.05) is 30.3 Å². The molecule has 0 radical (unpaired) electrons. The average molecular weight is 286 g/mol. The molecule has 19 heavy (non-hydrogen) atoms. The highest BCUT2D eigenvalue weighted by molar-refractivity contribution is 7.85. The van der Waals surface area contributed by atoms with E-state index in [4.69, 9.17) is 14.9 Å². The molecular weight excluding hydrogens is 268 g/mol. The maximum Gasteiger partial charge on any atom is 0.318 e. The lowest BCUT2D eigenvalue weighted by molar-refractivity contribution is -0.140. The van der Waals surface area contributed by atoms with Crippen LogP contribution in [-0.2, 0) is 26.8 Å². The standard InChI is InChI=1S/C13H18O5S/c14-8-12(15)9-19(17)10-13(16)18-7-6-11-4-2-1-3-5-11/h1-5,12,14-15H,6-10H2. The molecule has 0 amide bonds. The van der Waals surface area contributed by atoms with E-state index in [-0.39, 0.29) is 18.1 Å². The van der Waals surface area contributed by atoms with Gasteiger partial charge in [-0.05, 0) is 5.56 Å². The Morgan fingerprint density at radius 3 is 2.63 bits per heavy atom. The van der Waals surface area contributed by atoms with E-state index >= 15 is 0 Å². The fourth-order valence-electron chi connectivity index (χ4n) is 1.43. The third-order valence-corrected chi connectivity index (χ3v) is 3.68. The molecule has 2 unspecified atom stereocenters. The third kappa shape index (κ3) is 7.05. The predicted molar refractivity (Wildman–Crippen MR) is 72.1 cm³/mol. The molecule has 2 N–H and O–H groups in total. The summed E-state index contributed by atoms with van der Waals surface area (Å²) in [6, 6.07) is 9.59. The number of aliphatic hydroxyl groups is 2. The molecule has 0 heterocycles. The van der Waals surface area contributed by atoms with Crippen LogP contribution in [0.5, 0.6) is 0 Å². The number of rotatable bonds is 8. The Kier molecular flexibility index (Phi) is 7.32. The minimum Gasteiger partial charge on any atom is -0.465 e. The number of carbonyl (C=O) groups is 1. The van der Waals surface area contributed by atoms with Crippen LogP contribution in [0.3, 0.4) is 0 Å². The summed E-state index contributed by atoms with van der Waals surface area (Å²) in [5, 5.41) is 17.7. The van der Waals surface area contributed by atoms with Crippen molar-refractivity contribution in [1.82, 2.24) is 0 Å². The number of aliphatic hydroxyl groups excluding tert-OH is 2. The van der Waals surface area contributed by atoms with Gasteiger partial charge in [-0.25, -0.2) is 0 Å². The van der Waals surface area contributed by atoms with Gasteiger partial charge in [0.25, 0.3) is 0 Å². The largest absolute Gasteiger partial charge is 0.465 e. The van der Waals surface area contributed by atoms with E-state index in [9.17, 15) is 9.00 Å². The van der Waals surface area contributed by atoms with Crippen molar-refractivity contribution in [2.45, 2.75) is 12.5 Å². The lowest BCUT2D eigenvalue weighted by atomic mass is 10.2. The Balaban J connectivity index is 2.19. The Morgan fingerprint density at radius 1 is 1.32 bits per heavy atom. The van der Waals surface area contributed by atoms with Gasteiger partial charge in [0.2, 0.25) is 0 Å². The molecule has 0 aliphatic heterocycles. The summed E-state index contributed by atoms with van der Waals surface area (Å²) >= 11 is 0. The Hall–Kier alpha value is -1.24. The zero-order valence-corrected chi connectivity index (χ0v) is 11.3. The second-order valence-corrected chi connectivity index (χ2v) is 5.54. The predicted octanol–water partition coefficient (Wildman–Crippen LogP) is -0.126. The maximum atomic E-state index is 11.4. The van der Waals surface area contributed by atoms with Gasteiger partial charge in [0.1, 0.15) is 5.75 Å². The van der Waals surface area contributed by atoms with Crippen molar-refractivity contribution in [3.05, 3.63) is 35.9 Å². The summed E-state index contributed by atoms with van der Waals surface area (Å²) in [5.74, 6) is -0.935. The zero-order chi connectivity index (χ0) is 14.1. The summed E-state index contributed by atoms with van der Waals surface area (Å²) in [6.07, 6.45) is -0.448. The maximum absolute atomic E-state index is 11.4. The number of carbonyl (C=O) groups excluding carboxylic acids is 1. The summed E-state index contributed by atoms with van der Waals surface area (Å²) in [6.45, 7) is -0.225. The van der Waals surface area contributed by atoms with Crippen molar-refractivity contribution in [3.8, 4) is 0 Å². The van der Waals surface area contributed by atoms with Crippen LogP contribution in [0.1, 0.15) is 5.56 Å². The van der Waals surface area contributed by atoms with Crippen LogP contribution in [0.25, 0.3) is 0 Å². The summed E-state index contributed by atoms with van der Waals surface area (Å²) in [7, 11) is -1.51. The van der Waals surface area contributed by atoms with Crippen LogP contribution in [-0.4, -0.2) is 51.2 Å². The molecule has 0 aromatic heterocycles. The SMILES string of the molecule is O=C(CS(=O)CC(O)CO)OCCc1ccccc1. The molecule has 0 fully saturated rings. The van der Waals surface area contributed by atoms with Crippen LogP contribution in [0.15, 0.2) is 30.3 Å². The molecule has 106 valence electrons. The van der Waals surface area contributed by atoms with E-state index in [2.05, 4.69) is 0 Å². The molecule has 1 rings (SSSR count). The molecular formula is C13H18O5S. The number of hydrogen-bond acceptors (Lipinski definition) is 5. The average Bonchev–Trinajstić information content (AvgIpc) is 2.39. The highest BCUT2D eigenvalue weighted by Crippen LogP contribution is 2.00. The van der Waals surface area contributed by atoms with Crippen LogP contribution in [0.4, 0.5) is 0 Å². The van der Waals surface area contributed by atoms with Gasteiger partial charge in [0, 0.05) is 17.2 Å². The number of esters is 1. The van der Waals surface area contributed by atoms with E-state index in [1.165, 1.54) is 0 Å². The highest BCUT2D eigenvalue weighted by Gasteiger charge is 2.13. The zero-order valence-electron chi connectivity index (χ0n) is 10.5. The van der Waals surface area contributed by atoms with E-state index in [1.54, 1.807) is 0 Å². The Bertz CT molecular complexity index is 407. The molecule has 0 aliphatic carbocycles. The lowest BCUT2D eigenvalue weighted by Gasteiger charge is -2.07. The van der Waals surface area contributed by atoms with Gasteiger partial charge < -0.3 is 14.9 Å². The second kappa shape index (κ2) is 8.79. The molecule has 0 spiro atoms. The first-order chi connectivity index (χ1) is 9.11. The van der Waals surface area contributed by atoms with Crippen molar-refractivity contribution < 1.29 is 24.0 Å². The molecule has 0 aliphatic rings. The molecule has 0 saturated carbocycles. The summed E-state index contributed by atoms with van der Waals surface area (Å²) in [5.41, 5.74) is 1.06. The van der Waals surface area contributed by atoms with Gasteiger partial charge in [-0.3, -0.25) is 9.00 Å². The van der Waals surface area contributed by atoms with Crippen LogP contribution in [0, 0.1) is 0 Å².